The van der Waals surface area contributed by atoms with Gasteiger partial charge in [-0.2, -0.15) is 0 Å². The summed E-state index contributed by atoms with van der Waals surface area (Å²) in [6.07, 6.45) is 0.891. The summed E-state index contributed by atoms with van der Waals surface area (Å²) in [5.74, 6) is 0. The Hall–Kier alpha value is -1.08. The van der Waals surface area contributed by atoms with Crippen molar-refractivity contribution in [1.29, 1.82) is 0 Å². The maximum absolute atomic E-state index is 11.0. The second-order valence-corrected chi connectivity index (χ2v) is 7.07. The Morgan fingerprint density at radius 2 is 1.90 bits per heavy atom. The van der Waals surface area contributed by atoms with Gasteiger partial charge < -0.3 is 4.79 Å². The minimum Gasteiger partial charge on any atom is -0.303 e. The van der Waals surface area contributed by atoms with Gasteiger partial charge in [0.05, 0.1) is 4.92 Å². The van der Waals surface area contributed by atoms with Gasteiger partial charge >= 0.3 is 0 Å². The fourth-order valence-electron chi connectivity index (χ4n) is 1.49. The third kappa shape index (κ3) is 3.73. The van der Waals surface area contributed by atoms with Crippen LogP contribution in [0.25, 0.3) is 0 Å². The van der Waals surface area contributed by atoms with E-state index in [2.05, 4.69) is 0 Å². The van der Waals surface area contributed by atoms with Crippen molar-refractivity contribution in [3.63, 3.8) is 0 Å². The predicted octanol–water partition coefficient (Wildman–Crippen LogP) is 4.86. The second kappa shape index (κ2) is 6.58. The molecule has 0 radical (unpaired) electrons. The van der Waals surface area contributed by atoms with Crippen LogP contribution >= 0.6 is 46.3 Å². The topological polar surface area (TPSA) is 60.2 Å². The molecule has 0 N–H and O–H groups in total. The molecule has 0 aliphatic carbocycles. The average Bonchev–Trinajstić information content (AvgIpc) is 2.71. The Bertz CT molecular complexity index is 652. The number of aldehydes is 1. The summed E-state index contributed by atoms with van der Waals surface area (Å²) in [7, 11) is 0. The summed E-state index contributed by atoms with van der Waals surface area (Å²) in [6.45, 7) is 0. The van der Waals surface area contributed by atoms with E-state index in [0.29, 0.717) is 24.0 Å². The fraction of sp³-hybridized carbons (Fsp3) is 0.0833. The Kier molecular flexibility index (Phi) is 5.04. The van der Waals surface area contributed by atoms with Crippen molar-refractivity contribution in [3.05, 3.63) is 49.3 Å². The first-order valence-electron chi connectivity index (χ1n) is 5.34. The summed E-state index contributed by atoms with van der Waals surface area (Å²) in [5, 5.41) is 12.0. The molecule has 0 amide bonds. The molecule has 0 atom stereocenters. The van der Waals surface area contributed by atoms with Gasteiger partial charge in [0.1, 0.15) is 10.5 Å². The van der Waals surface area contributed by atoms with E-state index >= 15 is 0 Å². The van der Waals surface area contributed by atoms with E-state index in [9.17, 15) is 14.9 Å². The van der Waals surface area contributed by atoms with Crippen molar-refractivity contribution in [2.45, 2.75) is 15.5 Å². The molecule has 2 aromatic rings. The van der Waals surface area contributed by atoms with E-state index in [1.165, 1.54) is 29.2 Å². The molecule has 8 heteroatoms. The predicted molar refractivity (Wildman–Crippen MR) is 81.3 cm³/mol. The van der Waals surface area contributed by atoms with Gasteiger partial charge in [-0.15, -0.1) is 11.3 Å². The number of hydrogen-bond acceptors (Lipinski definition) is 5. The van der Waals surface area contributed by atoms with Gasteiger partial charge in [0.25, 0.3) is 5.69 Å². The van der Waals surface area contributed by atoms with Crippen molar-refractivity contribution in [2.75, 3.05) is 0 Å². The molecule has 0 unspecified atom stereocenters. The number of thiophene rings is 1. The van der Waals surface area contributed by atoms with Gasteiger partial charge in [0.2, 0.25) is 0 Å². The van der Waals surface area contributed by atoms with Crippen molar-refractivity contribution < 1.29 is 9.72 Å². The van der Waals surface area contributed by atoms with Gasteiger partial charge in [-0.1, -0.05) is 35.0 Å². The van der Waals surface area contributed by atoms with Crippen LogP contribution in [-0.2, 0) is 11.2 Å². The second-order valence-electron chi connectivity index (χ2n) is 3.72. The molecular formula is C12H7Cl2NO3S2. The largest absolute Gasteiger partial charge is 0.303 e. The van der Waals surface area contributed by atoms with E-state index < -0.39 is 4.92 Å². The molecule has 0 aliphatic rings. The average molecular weight is 348 g/mol. The van der Waals surface area contributed by atoms with Gasteiger partial charge in [-0.3, -0.25) is 10.1 Å². The number of nitrogens with zero attached hydrogens (tertiary/aromatic N) is 1. The molecule has 0 bridgehead atoms. The minimum absolute atomic E-state index is 0.00653. The highest BCUT2D eigenvalue weighted by molar-refractivity contribution is 8.01. The Labute approximate surface area is 132 Å². The summed E-state index contributed by atoms with van der Waals surface area (Å²) < 4.78 is 0.505. The standard InChI is InChI=1S/C12H7Cl2NO3S2/c13-7-3-8(14)5-10(4-7)20-12-11(15(17)18)6-9(19-12)1-2-16/h2-6H,1H2. The Balaban J connectivity index is 2.36. The number of carbonyl (C=O) groups excluding carboxylic acids is 1. The molecule has 20 heavy (non-hydrogen) atoms. The summed E-state index contributed by atoms with van der Waals surface area (Å²) in [5.41, 5.74) is -0.00653. The van der Waals surface area contributed by atoms with Crippen molar-refractivity contribution in [1.82, 2.24) is 0 Å². The lowest BCUT2D eigenvalue weighted by molar-refractivity contribution is -0.387. The third-order valence-corrected chi connectivity index (χ3v) is 5.00. The summed E-state index contributed by atoms with van der Waals surface area (Å²) >= 11 is 14.2. The number of halogens is 2. The van der Waals surface area contributed by atoms with E-state index in [1.54, 1.807) is 18.2 Å². The molecular weight excluding hydrogens is 341 g/mol. The molecule has 0 saturated heterocycles. The first-order valence-corrected chi connectivity index (χ1v) is 7.73. The molecule has 2 rings (SSSR count). The van der Waals surface area contributed by atoms with Crippen LogP contribution in [0.3, 0.4) is 0 Å². The molecule has 1 heterocycles. The number of hydrogen-bond donors (Lipinski definition) is 0. The Morgan fingerprint density at radius 3 is 2.45 bits per heavy atom. The van der Waals surface area contributed by atoms with Gasteiger partial charge in [-0.25, -0.2) is 0 Å². The van der Waals surface area contributed by atoms with E-state index in [1.807, 2.05) is 0 Å². The molecule has 0 fully saturated rings. The molecule has 4 nitrogen and oxygen atoms in total. The smallest absolute Gasteiger partial charge is 0.294 e. The van der Waals surface area contributed by atoms with E-state index in [4.69, 9.17) is 23.2 Å². The van der Waals surface area contributed by atoms with E-state index in [-0.39, 0.29) is 12.1 Å². The lowest BCUT2D eigenvalue weighted by Crippen LogP contribution is -1.86. The number of nitro groups is 1. The highest BCUT2D eigenvalue weighted by atomic mass is 35.5. The molecule has 0 spiro atoms. The third-order valence-electron chi connectivity index (χ3n) is 2.26. The molecule has 0 saturated carbocycles. The molecule has 1 aromatic heterocycles. The highest BCUT2D eigenvalue weighted by Crippen LogP contribution is 2.42. The normalized spacial score (nSPS) is 10.5. The van der Waals surface area contributed by atoms with Crippen LogP contribution in [0.1, 0.15) is 4.88 Å². The van der Waals surface area contributed by atoms with Crippen molar-refractivity contribution >= 4 is 58.3 Å². The first kappa shape index (κ1) is 15.3. The number of benzene rings is 1. The lowest BCUT2D eigenvalue weighted by atomic mass is 10.3. The van der Waals surface area contributed by atoms with Crippen LogP contribution in [0, 0.1) is 10.1 Å². The number of carbonyl (C=O) groups is 1. The summed E-state index contributed by atoms with van der Waals surface area (Å²) in [4.78, 5) is 22.4. The first-order chi connectivity index (χ1) is 9.49. The van der Waals surface area contributed by atoms with Gasteiger partial charge in [0, 0.05) is 32.3 Å². The molecule has 0 aliphatic heterocycles. The molecule has 1 aromatic carbocycles. The highest BCUT2D eigenvalue weighted by Gasteiger charge is 2.20. The van der Waals surface area contributed by atoms with Crippen LogP contribution in [0.15, 0.2) is 33.4 Å². The monoisotopic (exact) mass is 347 g/mol. The van der Waals surface area contributed by atoms with Crippen molar-refractivity contribution in [2.24, 2.45) is 0 Å². The quantitative estimate of drug-likeness (QED) is 0.440. The minimum atomic E-state index is -0.459. The van der Waals surface area contributed by atoms with Crippen molar-refractivity contribution in [3.8, 4) is 0 Å². The molecule has 104 valence electrons. The lowest BCUT2D eigenvalue weighted by Gasteiger charge is -2.01. The van der Waals surface area contributed by atoms with Crippen LogP contribution in [-0.4, -0.2) is 11.2 Å². The van der Waals surface area contributed by atoms with Crippen LogP contribution in [0.2, 0.25) is 10.0 Å². The Morgan fingerprint density at radius 1 is 1.25 bits per heavy atom. The fourth-order valence-corrected chi connectivity index (χ4v) is 4.54. The SMILES string of the molecule is O=CCc1cc([N+](=O)[O-])c(Sc2cc(Cl)cc(Cl)c2)s1. The number of rotatable bonds is 5. The van der Waals surface area contributed by atoms with Crippen LogP contribution < -0.4 is 0 Å². The maximum atomic E-state index is 11.0. The van der Waals surface area contributed by atoms with Gasteiger partial charge in [-0.05, 0) is 18.2 Å². The zero-order valence-corrected chi connectivity index (χ0v) is 13.0. The van der Waals surface area contributed by atoms with Gasteiger partial charge in [0.15, 0.2) is 0 Å². The van der Waals surface area contributed by atoms with E-state index in [0.717, 1.165) is 6.29 Å². The van der Waals surface area contributed by atoms with Crippen LogP contribution in [0.4, 0.5) is 5.69 Å². The van der Waals surface area contributed by atoms with Crippen LogP contribution in [0.5, 0.6) is 0 Å². The zero-order valence-electron chi connectivity index (χ0n) is 9.84. The summed E-state index contributed by atoms with van der Waals surface area (Å²) in [6, 6.07) is 6.38. The maximum Gasteiger partial charge on any atom is 0.294 e. The zero-order chi connectivity index (χ0) is 14.7.